The van der Waals surface area contributed by atoms with Crippen LogP contribution in [0.1, 0.15) is 0 Å². The first-order chi connectivity index (χ1) is 11.9. The van der Waals surface area contributed by atoms with Crippen molar-refractivity contribution in [2.45, 2.75) is 0 Å². The van der Waals surface area contributed by atoms with Crippen LogP contribution in [0.2, 0.25) is 5.02 Å². The van der Waals surface area contributed by atoms with Crippen molar-refractivity contribution >= 4 is 76.8 Å². The van der Waals surface area contributed by atoms with Gasteiger partial charge in [0.2, 0.25) is 0 Å². The summed E-state index contributed by atoms with van der Waals surface area (Å²) < 4.78 is 4.05. The molecule has 0 unspecified atom stereocenters. The summed E-state index contributed by atoms with van der Waals surface area (Å²) in [6.07, 6.45) is 0. The van der Waals surface area contributed by atoms with Crippen molar-refractivity contribution in [3.63, 3.8) is 0 Å². The molecule has 2 aromatic carbocycles. The lowest BCUT2D eigenvalue weighted by atomic mass is 10.3. The van der Waals surface area contributed by atoms with Gasteiger partial charge in [0.05, 0.1) is 10.2 Å². The number of nitrogens with zero attached hydrogens (tertiary/aromatic N) is 2. The average molecular weight is 549 g/mol. The lowest BCUT2D eigenvalue weighted by molar-refractivity contribution is 0.262. The van der Waals surface area contributed by atoms with E-state index in [0.29, 0.717) is 21.0 Å². The molecule has 1 heterocycles. The third-order valence-corrected chi connectivity index (χ3v) is 6.56. The predicted octanol–water partition coefficient (Wildman–Crippen LogP) is 6.46. The fourth-order valence-corrected chi connectivity index (χ4v) is 3.49. The summed E-state index contributed by atoms with van der Waals surface area (Å²) in [6.45, 7) is 0. The second-order valence-corrected chi connectivity index (χ2v) is 7.67. The number of carbonyl (C=O) groups excluding carboxylic acids is 1. The Morgan fingerprint density at radius 3 is 1.92 bits per heavy atom. The van der Waals surface area contributed by atoms with Gasteiger partial charge in [0.15, 0.2) is 0 Å². The summed E-state index contributed by atoms with van der Waals surface area (Å²) in [5.74, 6) is 0. The molecule has 3 aromatic rings. The Bertz CT molecular complexity index is 910. The standard InChI is InChI=1S/C16H10Br3ClN4O/c17-13-14(18)23-24(15(13)19)12-7-5-11(6-8-12)22-16(25)21-10-3-1-9(20)2-4-10/h1-8H,(H2,21,22,25). The third kappa shape index (κ3) is 4.44. The number of urea groups is 1. The SMILES string of the molecule is O=C(Nc1ccc(Cl)cc1)Nc1ccc(-n2nc(Br)c(Br)c2Br)cc1. The minimum absolute atomic E-state index is 0.333. The highest BCUT2D eigenvalue weighted by Gasteiger charge is 2.13. The second-order valence-electron chi connectivity index (χ2n) is 4.94. The van der Waals surface area contributed by atoms with Gasteiger partial charge >= 0.3 is 6.03 Å². The summed E-state index contributed by atoms with van der Waals surface area (Å²) in [4.78, 5) is 12.0. The van der Waals surface area contributed by atoms with E-state index in [0.717, 1.165) is 14.8 Å². The summed E-state index contributed by atoms with van der Waals surface area (Å²) in [6, 6.07) is 13.9. The van der Waals surface area contributed by atoms with Gasteiger partial charge in [0.25, 0.3) is 0 Å². The van der Waals surface area contributed by atoms with Crippen molar-refractivity contribution in [2.24, 2.45) is 0 Å². The lowest BCUT2D eigenvalue weighted by Gasteiger charge is -2.09. The van der Waals surface area contributed by atoms with Gasteiger partial charge < -0.3 is 10.6 Å². The number of carbonyl (C=O) groups is 1. The maximum absolute atomic E-state index is 12.0. The molecule has 25 heavy (non-hydrogen) atoms. The smallest absolute Gasteiger partial charge is 0.308 e. The van der Waals surface area contributed by atoms with E-state index in [9.17, 15) is 4.79 Å². The molecule has 0 aliphatic heterocycles. The predicted molar refractivity (Wildman–Crippen MR) is 111 cm³/mol. The molecular weight excluding hydrogens is 539 g/mol. The summed E-state index contributed by atoms with van der Waals surface area (Å²) in [5, 5.41) is 10.5. The topological polar surface area (TPSA) is 59.0 Å². The number of benzene rings is 2. The van der Waals surface area contributed by atoms with E-state index >= 15 is 0 Å². The average Bonchev–Trinajstić information content (AvgIpc) is 2.85. The molecule has 0 fully saturated rings. The largest absolute Gasteiger partial charge is 0.323 e. The Labute approximate surface area is 174 Å². The monoisotopic (exact) mass is 546 g/mol. The molecule has 0 saturated carbocycles. The van der Waals surface area contributed by atoms with Crippen LogP contribution in [0.25, 0.3) is 5.69 Å². The molecule has 0 aliphatic carbocycles. The van der Waals surface area contributed by atoms with Crippen molar-refractivity contribution in [3.8, 4) is 5.69 Å². The van der Waals surface area contributed by atoms with Gasteiger partial charge in [0.1, 0.15) is 9.21 Å². The number of anilines is 2. The van der Waals surface area contributed by atoms with Crippen LogP contribution in [0.3, 0.4) is 0 Å². The van der Waals surface area contributed by atoms with E-state index in [-0.39, 0.29) is 6.03 Å². The fourth-order valence-electron chi connectivity index (χ4n) is 2.04. The van der Waals surface area contributed by atoms with E-state index in [2.05, 4.69) is 63.5 Å². The highest BCUT2D eigenvalue weighted by molar-refractivity contribution is 9.14. The fraction of sp³-hybridized carbons (Fsp3) is 0. The molecule has 0 radical (unpaired) electrons. The number of hydrogen-bond donors (Lipinski definition) is 2. The zero-order valence-corrected chi connectivity index (χ0v) is 17.9. The van der Waals surface area contributed by atoms with Crippen molar-refractivity contribution in [2.75, 3.05) is 10.6 Å². The maximum atomic E-state index is 12.0. The van der Waals surface area contributed by atoms with Crippen LogP contribution in [-0.2, 0) is 0 Å². The number of halogens is 4. The minimum Gasteiger partial charge on any atom is -0.308 e. The first-order valence-electron chi connectivity index (χ1n) is 6.97. The minimum atomic E-state index is -0.333. The van der Waals surface area contributed by atoms with Gasteiger partial charge in [-0.15, -0.1) is 0 Å². The molecule has 5 nitrogen and oxygen atoms in total. The van der Waals surface area contributed by atoms with Gasteiger partial charge in [-0.3, -0.25) is 0 Å². The van der Waals surface area contributed by atoms with Crippen molar-refractivity contribution in [1.29, 1.82) is 0 Å². The Hall–Kier alpha value is -1.35. The number of amides is 2. The van der Waals surface area contributed by atoms with E-state index in [1.165, 1.54) is 0 Å². The normalized spacial score (nSPS) is 10.6. The number of hydrogen-bond acceptors (Lipinski definition) is 2. The molecule has 0 spiro atoms. The van der Waals surface area contributed by atoms with Gasteiger partial charge in [-0.1, -0.05) is 11.6 Å². The summed E-state index contributed by atoms with van der Waals surface area (Å²) in [5.41, 5.74) is 2.17. The molecule has 0 atom stereocenters. The van der Waals surface area contributed by atoms with Crippen molar-refractivity contribution in [1.82, 2.24) is 9.78 Å². The van der Waals surface area contributed by atoms with Crippen LogP contribution in [0.4, 0.5) is 16.2 Å². The molecular formula is C16H10Br3ClN4O. The molecule has 128 valence electrons. The first kappa shape index (κ1) is 18.4. The Balaban J connectivity index is 1.69. The van der Waals surface area contributed by atoms with Crippen molar-refractivity contribution in [3.05, 3.63) is 67.2 Å². The second kappa shape index (κ2) is 7.90. The first-order valence-corrected chi connectivity index (χ1v) is 9.73. The van der Waals surface area contributed by atoms with Crippen LogP contribution in [0.5, 0.6) is 0 Å². The van der Waals surface area contributed by atoms with Crippen LogP contribution >= 0.6 is 59.4 Å². The Kier molecular flexibility index (Phi) is 5.83. The van der Waals surface area contributed by atoms with E-state index in [1.807, 2.05) is 12.1 Å². The quantitative estimate of drug-likeness (QED) is 0.394. The highest BCUT2D eigenvalue weighted by Crippen LogP contribution is 2.32. The number of nitrogens with one attached hydrogen (secondary N) is 2. The highest BCUT2D eigenvalue weighted by atomic mass is 79.9. The molecule has 0 saturated heterocycles. The number of aromatic nitrogens is 2. The van der Waals surface area contributed by atoms with Crippen LogP contribution < -0.4 is 10.6 Å². The van der Waals surface area contributed by atoms with E-state index < -0.39 is 0 Å². The Morgan fingerprint density at radius 2 is 1.44 bits per heavy atom. The van der Waals surface area contributed by atoms with E-state index in [4.69, 9.17) is 11.6 Å². The maximum Gasteiger partial charge on any atom is 0.323 e. The van der Waals surface area contributed by atoms with Crippen LogP contribution in [0.15, 0.2) is 62.2 Å². The lowest BCUT2D eigenvalue weighted by Crippen LogP contribution is -2.19. The molecule has 2 amide bonds. The molecule has 0 aliphatic rings. The van der Waals surface area contributed by atoms with Gasteiger partial charge in [-0.25, -0.2) is 9.48 Å². The number of rotatable bonds is 3. The molecule has 1 aromatic heterocycles. The molecule has 0 bridgehead atoms. The van der Waals surface area contributed by atoms with Crippen LogP contribution in [-0.4, -0.2) is 15.8 Å². The zero-order valence-electron chi connectivity index (χ0n) is 12.4. The van der Waals surface area contributed by atoms with Gasteiger partial charge in [-0.05, 0) is 96.3 Å². The Morgan fingerprint density at radius 1 is 0.920 bits per heavy atom. The molecule has 9 heteroatoms. The summed E-state index contributed by atoms with van der Waals surface area (Å²) >= 11 is 16.1. The molecule has 2 N–H and O–H groups in total. The summed E-state index contributed by atoms with van der Waals surface area (Å²) in [7, 11) is 0. The zero-order chi connectivity index (χ0) is 18.0. The molecule has 3 rings (SSSR count). The van der Waals surface area contributed by atoms with E-state index in [1.54, 1.807) is 41.1 Å². The van der Waals surface area contributed by atoms with Gasteiger partial charge in [0, 0.05) is 16.4 Å². The third-order valence-electron chi connectivity index (χ3n) is 3.21. The van der Waals surface area contributed by atoms with Gasteiger partial charge in [-0.2, -0.15) is 5.10 Å². The van der Waals surface area contributed by atoms with Crippen molar-refractivity contribution < 1.29 is 4.79 Å². The van der Waals surface area contributed by atoms with Crippen LogP contribution in [0, 0.1) is 0 Å².